The van der Waals surface area contributed by atoms with Crippen molar-refractivity contribution in [3.05, 3.63) is 0 Å². The van der Waals surface area contributed by atoms with Crippen LogP contribution in [0.25, 0.3) is 0 Å². The summed E-state index contributed by atoms with van der Waals surface area (Å²) in [5.41, 5.74) is 0. The average Bonchev–Trinajstić information content (AvgIpc) is 2.73. The van der Waals surface area contributed by atoms with E-state index in [2.05, 4.69) is 0 Å². The van der Waals surface area contributed by atoms with Gasteiger partial charge in [0.1, 0.15) is 44.2 Å². The van der Waals surface area contributed by atoms with Crippen LogP contribution in [0.4, 0.5) is 9.59 Å². The Kier molecular flexibility index (Phi) is 17.0. The molecule has 0 amide bonds. The number of hydrogen-bond acceptors (Lipinski definition) is 13. The van der Waals surface area contributed by atoms with Gasteiger partial charge in [-0.2, -0.15) is 0 Å². The van der Waals surface area contributed by atoms with Crippen LogP contribution in [0.5, 0.6) is 0 Å². The van der Waals surface area contributed by atoms with Gasteiger partial charge in [-0.15, -0.1) is 0 Å². The first-order chi connectivity index (χ1) is 15.6. The van der Waals surface area contributed by atoms with Crippen molar-refractivity contribution in [2.75, 3.05) is 53.4 Å². The molecular weight excluding hydrogens is 448 g/mol. The standard InChI is InChI=1S/C20H36O13/c1-13(22)7-27-17(6-21)11-31-20(25)33-15(3)9-29-19(24)30-12-18(10-26-5)28-8-14(2)32-16(4)23/h13-15,17-18,21-22H,6-12H2,1-5H3. The summed E-state index contributed by atoms with van der Waals surface area (Å²) in [6, 6.07) is 0. The summed E-state index contributed by atoms with van der Waals surface area (Å²) in [5, 5.41) is 18.3. The van der Waals surface area contributed by atoms with Gasteiger partial charge < -0.3 is 48.1 Å². The molecule has 13 heteroatoms. The summed E-state index contributed by atoms with van der Waals surface area (Å²) in [4.78, 5) is 34.3. The van der Waals surface area contributed by atoms with Crippen LogP contribution in [-0.4, -0.2) is 112 Å². The molecule has 0 aliphatic rings. The highest BCUT2D eigenvalue weighted by Crippen LogP contribution is 2.03. The fourth-order valence-corrected chi connectivity index (χ4v) is 2.13. The van der Waals surface area contributed by atoms with Crippen LogP contribution < -0.4 is 0 Å². The van der Waals surface area contributed by atoms with Crippen LogP contribution in [0.15, 0.2) is 0 Å². The van der Waals surface area contributed by atoms with Crippen LogP contribution >= 0.6 is 0 Å². The zero-order valence-corrected chi connectivity index (χ0v) is 19.7. The number of aliphatic hydroxyl groups is 2. The zero-order chi connectivity index (χ0) is 25.2. The quantitative estimate of drug-likeness (QED) is 0.216. The summed E-state index contributed by atoms with van der Waals surface area (Å²) >= 11 is 0. The molecule has 0 aliphatic carbocycles. The first-order valence-electron chi connectivity index (χ1n) is 10.4. The van der Waals surface area contributed by atoms with E-state index in [1.54, 1.807) is 6.92 Å². The second-order valence-electron chi connectivity index (χ2n) is 7.18. The molecule has 2 N–H and O–H groups in total. The number of carbonyl (C=O) groups excluding carboxylic acids is 3. The van der Waals surface area contributed by atoms with Crippen molar-refractivity contribution in [3.8, 4) is 0 Å². The Hall–Kier alpha value is -2.19. The van der Waals surface area contributed by atoms with E-state index in [9.17, 15) is 14.4 Å². The molecule has 0 fully saturated rings. The van der Waals surface area contributed by atoms with Crippen molar-refractivity contribution < 1.29 is 62.5 Å². The van der Waals surface area contributed by atoms with E-state index in [1.165, 1.54) is 27.9 Å². The molecule has 0 radical (unpaired) electrons. The largest absolute Gasteiger partial charge is 0.508 e. The lowest BCUT2D eigenvalue weighted by Crippen LogP contribution is -2.32. The monoisotopic (exact) mass is 484 g/mol. The van der Waals surface area contributed by atoms with Gasteiger partial charge in [0.25, 0.3) is 0 Å². The van der Waals surface area contributed by atoms with E-state index in [0.29, 0.717) is 0 Å². The summed E-state index contributed by atoms with van der Waals surface area (Å²) in [5.74, 6) is -0.438. The average molecular weight is 484 g/mol. The van der Waals surface area contributed by atoms with E-state index < -0.39 is 55.4 Å². The van der Waals surface area contributed by atoms with Gasteiger partial charge >= 0.3 is 18.3 Å². The summed E-state index contributed by atoms with van der Waals surface area (Å²) in [6.45, 7) is 4.92. The van der Waals surface area contributed by atoms with Gasteiger partial charge in [-0.25, -0.2) is 9.59 Å². The van der Waals surface area contributed by atoms with Crippen molar-refractivity contribution in [1.82, 2.24) is 0 Å². The van der Waals surface area contributed by atoms with Crippen LogP contribution in [0.3, 0.4) is 0 Å². The topological polar surface area (TPSA) is 166 Å². The Bertz CT molecular complexity index is 554. The van der Waals surface area contributed by atoms with E-state index >= 15 is 0 Å². The lowest BCUT2D eigenvalue weighted by atomic mass is 10.4. The molecule has 0 spiro atoms. The molecule has 0 aromatic rings. The second kappa shape index (κ2) is 18.3. The Morgan fingerprint density at radius 2 is 1.27 bits per heavy atom. The third kappa shape index (κ3) is 18.0. The van der Waals surface area contributed by atoms with Gasteiger partial charge in [0.2, 0.25) is 0 Å². The minimum absolute atomic E-state index is 0.0303. The minimum Gasteiger partial charge on any atom is -0.460 e. The maximum absolute atomic E-state index is 11.8. The van der Waals surface area contributed by atoms with Crippen LogP contribution in [0.1, 0.15) is 27.7 Å². The molecule has 0 saturated heterocycles. The van der Waals surface area contributed by atoms with Crippen molar-refractivity contribution in [1.29, 1.82) is 0 Å². The Labute approximate surface area is 193 Å². The predicted octanol–water partition coefficient (Wildman–Crippen LogP) is 0.423. The highest BCUT2D eigenvalue weighted by Gasteiger charge is 2.19. The van der Waals surface area contributed by atoms with Crippen molar-refractivity contribution in [3.63, 3.8) is 0 Å². The van der Waals surface area contributed by atoms with Crippen molar-refractivity contribution in [2.45, 2.75) is 58.2 Å². The second-order valence-corrected chi connectivity index (χ2v) is 7.18. The highest BCUT2D eigenvalue weighted by atomic mass is 16.8. The summed E-state index contributed by atoms with van der Waals surface area (Å²) in [7, 11) is 1.45. The highest BCUT2D eigenvalue weighted by molar-refractivity contribution is 5.66. The first-order valence-corrected chi connectivity index (χ1v) is 10.4. The number of aliphatic hydroxyl groups excluding tert-OH is 2. The van der Waals surface area contributed by atoms with Crippen LogP contribution in [-0.2, 0) is 42.7 Å². The lowest BCUT2D eigenvalue weighted by Gasteiger charge is -2.20. The summed E-state index contributed by atoms with van der Waals surface area (Å²) < 4.78 is 40.1. The number of carbonyl (C=O) groups is 3. The van der Waals surface area contributed by atoms with Gasteiger partial charge in [0.05, 0.1) is 32.5 Å². The normalized spacial score (nSPS) is 15.5. The van der Waals surface area contributed by atoms with Gasteiger partial charge in [-0.3, -0.25) is 4.79 Å². The van der Waals surface area contributed by atoms with Gasteiger partial charge in [-0.05, 0) is 20.8 Å². The number of methoxy groups -OCH3 is 1. The molecule has 0 saturated carbocycles. The van der Waals surface area contributed by atoms with E-state index in [4.69, 9.17) is 48.1 Å². The summed E-state index contributed by atoms with van der Waals surface area (Å²) in [6.07, 6.45) is -5.54. The lowest BCUT2D eigenvalue weighted by molar-refractivity contribution is -0.150. The van der Waals surface area contributed by atoms with E-state index in [1.807, 2.05) is 0 Å². The van der Waals surface area contributed by atoms with E-state index in [-0.39, 0.29) is 39.6 Å². The Morgan fingerprint density at radius 1 is 0.727 bits per heavy atom. The zero-order valence-electron chi connectivity index (χ0n) is 19.7. The number of hydrogen-bond donors (Lipinski definition) is 2. The van der Waals surface area contributed by atoms with Crippen LogP contribution in [0.2, 0.25) is 0 Å². The van der Waals surface area contributed by atoms with Gasteiger partial charge in [-0.1, -0.05) is 0 Å². The molecular formula is C20H36O13. The molecule has 13 nitrogen and oxygen atoms in total. The van der Waals surface area contributed by atoms with Crippen molar-refractivity contribution in [2.24, 2.45) is 0 Å². The van der Waals surface area contributed by atoms with Crippen molar-refractivity contribution >= 4 is 18.3 Å². The number of ether oxygens (including phenoxy) is 8. The molecule has 0 heterocycles. The molecule has 0 aromatic heterocycles. The minimum atomic E-state index is -1.05. The maximum Gasteiger partial charge on any atom is 0.508 e. The van der Waals surface area contributed by atoms with Crippen LogP contribution in [0, 0.1) is 0 Å². The fraction of sp³-hybridized carbons (Fsp3) is 0.850. The smallest absolute Gasteiger partial charge is 0.460 e. The van der Waals surface area contributed by atoms with Gasteiger partial charge in [0.15, 0.2) is 0 Å². The SMILES string of the molecule is COCC(COC(=O)OCC(C)OC(=O)OCC(CO)OCC(C)O)OCC(C)OC(C)=O. The molecule has 33 heavy (non-hydrogen) atoms. The first kappa shape index (κ1) is 30.8. The Balaban J connectivity index is 4.17. The molecule has 5 atom stereocenters. The molecule has 5 unspecified atom stereocenters. The molecule has 194 valence electrons. The third-order valence-electron chi connectivity index (χ3n) is 3.57. The molecule has 0 aliphatic heterocycles. The molecule has 0 aromatic carbocycles. The number of esters is 1. The molecule has 0 bridgehead atoms. The predicted molar refractivity (Wildman–Crippen MR) is 111 cm³/mol. The number of rotatable bonds is 17. The maximum atomic E-state index is 11.8. The molecule has 0 rings (SSSR count). The Morgan fingerprint density at radius 3 is 1.85 bits per heavy atom. The van der Waals surface area contributed by atoms with E-state index in [0.717, 1.165) is 0 Å². The third-order valence-corrected chi connectivity index (χ3v) is 3.57. The fourth-order valence-electron chi connectivity index (χ4n) is 2.13. The van der Waals surface area contributed by atoms with Gasteiger partial charge in [0, 0.05) is 14.0 Å².